The van der Waals surface area contributed by atoms with Crippen LogP contribution in [0.4, 0.5) is 0 Å². The molecule has 2 aromatic rings. The molecule has 2 nitrogen and oxygen atoms in total. The van der Waals surface area contributed by atoms with Crippen molar-refractivity contribution >= 4 is 21.8 Å². The number of nitrogens with zero attached hydrogens (tertiary/aromatic N) is 1. The third kappa shape index (κ3) is 2.33. The van der Waals surface area contributed by atoms with Gasteiger partial charge in [-0.3, -0.25) is 0 Å². The molecule has 0 amide bonds. The third-order valence-corrected chi connectivity index (χ3v) is 4.96. The Balaban J connectivity index is 1.91. The first-order chi connectivity index (χ1) is 8.84. The molecule has 3 rings (SSSR count). The Morgan fingerprint density at radius 2 is 1.61 bits per heavy atom. The zero-order valence-electron chi connectivity index (χ0n) is 10.3. The molecular weight excluding hydrogens is 242 g/mol. The first kappa shape index (κ1) is 11.9. The molecule has 3 heteroatoms. The minimum Gasteiger partial charge on any atom is -0.237 e. The van der Waals surface area contributed by atoms with E-state index >= 15 is 0 Å². The molecule has 1 saturated heterocycles. The minimum absolute atomic E-state index is 0.926. The van der Waals surface area contributed by atoms with Gasteiger partial charge in [-0.2, -0.15) is 0 Å². The molecule has 0 N–H and O–H groups in total. The van der Waals surface area contributed by atoms with Crippen molar-refractivity contribution in [2.75, 3.05) is 13.1 Å². The second kappa shape index (κ2) is 5.21. The fourth-order valence-electron chi connectivity index (χ4n) is 2.46. The predicted molar refractivity (Wildman–Crippen MR) is 75.8 cm³/mol. The maximum atomic E-state index is 12.5. The minimum atomic E-state index is -0.993. The van der Waals surface area contributed by atoms with Crippen LogP contribution in [0.5, 0.6) is 0 Å². The standard InChI is InChI=1S/C15H17NOS/c17-18(16-10-4-1-5-11-16)15-9-8-13-6-2-3-7-14(13)12-15/h2-3,6-9,12H,1,4-5,10-11H2. The van der Waals surface area contributed by atoms with Crippen LogP contribution in [-0.4, -0.2) is 21.6 Å². The van der Waals surface area contributed by atoms with Crippen molar-refractivity contribution in [1.29, 1.82) is 0 Å². The molecule has 0 radical (unpaired) electrons. The van der Waals surface area contributed by atoms with E-state index < -0.39 is 11.0 Å². The zero-order valence-corrected chi connectivity index (χ0v) is 11.2. The Bertz CT molecular complexity index is 575. The van der Waals surface area contributed by atoms with Crippen LogP contribution in [0.25, 0.3) is 10.8 Å². The average Bonchev–Trinajstić information content (AvgIpc) is 2.47. The number of piperidine rings is 1. The second-order valence-electron chi connectivity index (χ2n) is 4.75. The maximum absolute atomic E-state index is 12.5. The first-order valence-electron chi connectivity index (χ1n) is 6.50. The highest BCUT2D eigenvalue weighted by Crippen LogP contribution is 2.21. The highest BCUT2D eigenvalue weighted by Gasteiger charge is 2.17. The summed E-state index contributed by atoms with van der Waals surface area (Å²) in [5.41, 5.74) is 0. The quantitative estimate of drug-likeness (QED) is 0.810. The predicted octanol–water partition coefficient (Wildman–Crippen LogP) is 3.35. The van der Waals surface area contributed by atoms with E-state index in [1.807, 2.05) is 18.2 Å². The van der Waals surface area contributed by atoms with Crippen LogP contribution in [0, 0.1) is 0 Å². The highest BCUT2D eigenvalue weighted by atomic mass is 32.2. The van der Waals surface area contributed by atoms with Crippen LogP contribution in [0.2, 0.25) is 0 Å². The van der Waals surface area contributed by atoms with Crippen molar-refractivity contribution in [2.24, 2.45) is 0 Å². The zero-order chi connectivity index (χ0) is 12.4. The van der Waals surface area contributed by atoms with Gasteiger partial charge in [0.2, 0.25) is 0 Å². The van der Waals surface area contributed by atoms with E-state index in [1.54, 1.807) is 0 Å². The number of hydrogen-bond acceptors (Lipinski definition) is 1. The number of benzene rings is 2. The largest absolute Gasteiger partial charge is 0.237 e. The normalized spacial score (nSPS) is 18.9. The Labute approximate surface area is 110 Å². The molecule has 0 aliphatic carbocycles. The van der Waals surface area contributed by atoms with Crippen LogP contribution in [0.3, 0.4) is 0 Å². The van der Waals surface area contributed by atoms with Gasteiger partial charge in [0.1, 0.15) is 11.0 Å². The van der Waals surface area contributed by atoms with Crippen LogP contribution < -0.4 is 0 Å². The Morgan fingerprint density at radius 3 is 2.39 bits per heavy atom. The molecule has 1 aliphatic heterocycles. The maximum Gasteiger partial charge on any atom is 0.127 e. The molecule has 0 aromatic heterocycles. The van der Waals surface area contributed by atoms with E-state index in [0.717, 1.165) is 18.0 Å². The molecule has 1 atom stereocenters. The number of fused-ring (bicyclic) bond motifs is 1. The lowest BCUT2D eigenvalue weighted by molar-refractivity contribution is 0.365. The summed E-state index contributed by atoms with van der Waals surface area (Å²) in [4.78, 5) is 0.926. The summed E-state index contributed by atoms with van der Waals surface area (Å²) < 4.78 is 14.6. The fraction of sp³-hybridized carbons (Fsp3) is 0.333. The van der Waals surface area contributed by atoms with Gasteiger partial charge in [0.25, 0.3) is 0 Å². The van der Waals surface area contributed by atoms with Gasteiger partial charge in [0.05, 0.1) is 4.90 Å². The van der Waals surface area contributed by atoms with Gasteiger partial charge >= 0.3 is 0 Å². The molecule has 0 bridgehead atoms. The molecule has 94 valence electrons. The van der Waals surface area contributed by atoms with Gasteiger partial charge in [0, 0.05) is 13.1 Å². The lowest BCUT2D eigenvalue weighted by Gasteiger charge is -2.25. The summed E-state index contributed by atoms with van der Waals surface area (Å²) in [6.07, 6.45) is 3.60. The van der Waals surface area contributed by atoms with Gasteiger partial charge in [-0.1, -0.05) is 36.8 Å². The molecule has 18 heavy (non-hydrogen) atoms. The molecule has 1 heterocycles. The third-order valence-electron chi connectivity index (χ3n) is 3.47. The summed E-state index contributed by atoms with van der Waals surface area (Å²) in [5, 5.41) is 2.37. The molecule has 1 aliphatic rings. The van der Waals surface area contributed by atoms with Crippen molar-refractivity contribution in [2.45, 2.75) is 24.2 Å². The van der Waals surface area contributed by atoms with Gasteiger partial charge in [-0.05, 0) is 35.7 Å². The van der Waals surface area contributed by atoms with E-state index in [0.29, 0.717) is 0 Å². The lowest BCUT2D eigenvalue weighted by atomic mass is 10.1. The lowest BCUT2D eigenvalue weighted by Crippen LogP contribution is -2.31. The average molecular weight is 259 g/mol. The Hall–Kier alpha value is -1.19. The van der Waals surface area contributed by atoms with Gasteiger partial charge in [-0.15, -0.1) is 0 Å². The van der Waals surface area contributed by atoms with Crippen LogP contribution in [0.1, 0.15) is 19.3 Å². The van der Waals surface area contributed by atoms with Gasteiger partial charge in [-0.25, -0.2) is 8.51 Å². The monoisotopic (exact) mass is 259 g/mol. The molecule has 1 fully saturated rings. The van der Waals surface area contributed by atoms with Crippen molar-refractivity contribution in [3.8, 4) is 0 Å². The summed E-state index contributed by atoms with van der Waals surface area (Å²) in [6.45, 7) is 1.92. The van der Waals surface area contributed by atoms with Crippen molar-refractivity contribution in [1.82, 2.24) is 4.31 Å². The van der Waals surface area contributed by atoms with Crippen molar-refractivity contribution < 1.29 is 4.21 Å². The van der Waals surface area contributed by atoms with Crippen LogP contribution >= 0.6 is 0 Å². The van der Waals surface area contributed by atoms with E-state index in [1.165, 1.54) is 30.0 Å². The van der Waals surface area contributed by atoms with Crippen molar-refractivity contribution in [3.05, 3.63) is 42.5 Å². The van der Waals surface area contributed by atoms with E-state index in [2.05, 4.69) is 28.6 Å². The van der Waals surface area contributed by atoms with Gasteiger partial charge < -0.3 is 0 Å². The molecule has 2 aromatic carbocycles. The van der Waals surface area contributed by atoms with Gasteiger partial charge in [0.15, 0.2) is 0 Å². The smallest absolute Gasteiger partial charge is 0.127 e. The second-order valence-corrected chi connectivity index (χ2v) is 6.23. The van der Waals surface area contributed by atoms with Crippen molar-refractivity contribution in [3.63, 3.8) is 0 Å². The number of hydrogen-bond donors (Lipinski definition) is 0. The summed E-state index contributed by atoms with van der Waals surface area (Å²) in [6, 6.07) is 14.3. The summed E-state index contributed by atoms with van der Waals surface area (Å²) in [5.74, 6) is 0. The van der Waals surface area contributed by atoms with E-state index in [-0.39, 0.29) is 0 Å². The molecular formula is C15H17NOS. The SMILES string of the molecule is O=S(c1ccc2ccccc2c1)N1CCCCC1. The number of rotatable bonds is 2. The topological polar surface area (TPSA) is 20.3 Å². The molecule has 0 spiro atoms. The van der Waals surface area contributed by atoms with E-state index in [4.69, 9.17) is 0 Å². The summed E-state index contributed by atoms with van der Waals surface area (Å²) >= 11 is 0. The first-order valence-corrected chi connectivity index (χ1v) is 7.61. The molecule has 1 unspecified atom stereocenters. The Morgan fingerprint density at radius 1 is 0.889 bits per heavy atom. The van der Waals surface area contributed by atoms with E-state index in [9.17, 15) is 4.21 Å². The van der Waals surface area contributed by atoms with Crippen LogP contribution in [0.15, 0.2) is 47.4 Å². The highest BCUT2D eigenvalue weighted by molar-refractivity contribution is 7.82. The molecule has 0 saturated carbocycles. The van der Waals surface area contributed by atoms with Crippen LogP contribution in [-0.2, 0) is 11.0 Å². The summed E-state index contributed by atoms with van der Waals surface area (Å²) in [7, 11) is -0.993. The Kier molecular flexibility index (Phi) is 3.43. The fourth-order valence-corrected chi connectivity index (χ4v) is 3.76.